The van der Waals surface area contributed by atoms with Gasteiger partial charge in [0.1, 0.15) is 17.4 Å². The van der Waals surface area contributed by atoms with Crippen LogP contribution in [0, 0.1) is 11.2 Å². The van der Waals surface area contributed by atoms with Crippen LogP contribution in [0.3, 0.4) is 0 Å². The van der Waals surface area contributed by atoms with Gasteiger partial charge in [0.05, 0.1) is 40.5 Å². The van der Waals surface area contributed by atoms with Gasteiger partial charge in [-0.05, 0) is 112 Å². The Kier molecular flexibility index (Phi) is 7.06. The molecule has 3 aliphatic rings. The van der Waals surface area contributed by atoms with Crippen LogP contribution in [0.15, 0.2) is 42.6 Å². The number of aryl methyl sites for hydroxylation is 1. The molecule has 9 nitrogen and oxygen atoms in total. The second kappa shape index (κ2) is 11.1. The predicted octanol–water partition coefficient (Wildman–Crippen LogP) is 6.11. The van der Waals surface area contributed by atoms with Crippen molar-refractivity contribution in [2.45, 2.75) is 64.4 Å². The number of hydrogen-bond acceptors (Lipinski definition) is 8. The molecule has 5 aromatic rings. The SMILES string of the molecule is CCc1c(F)ccc2cc(O)cc(-c3cc4nc(OCC5(CN6CCCC6)CC5)nc(N5CCCC(C)(O)C5)c4c4ccnn34)c12. The standard InChI is InChI=1S/C36H41FN6O3/c1-3-25-27(37)8-7-23-17-24(44)18-26(31(23)25)30-19-28-32(29-9-13-38-43(29)30)33(42-16-6-10-35(2,45)20-42)40-34(39-28)46-22-36(11-12-36)21-41-14-4-5-15-41/h7-9,13,17-19,44-45H,3-6,10-12,14-16,20-22H2,1-2H3. The molecule has 1 atom stereocenters. The van der Waals surface area contributed by atoms with Crippen molar-refractivity contribution in [3.63, 3.8) is 0 Å². The maximum atomic E-state index is 15.2. The van der Waals surface area contributed by atoms with Crippen LogP contribution in [0.2, 0.25) is 0 Å². The highest BCUT2D eigenvalue weighted by atomic mass is 19.1. The number of ether oxygens (including phenoxy) is 1. The van der Waals surface area contributed by atoms with Gasteiger partial charge in [0.15, 0.2) is 0 Å². The van der Waals surface area contributed by atoms with Gasteiger partial charge in [-0.3, -0.25) is 0 Å². The van der Waals surface area contributed by atoms with Gasteiger partial charge in [-0.25, -0.2) is 8.91 Å². The average molecular weight is 625 g/mol. The quantitative estimate of drug-likeness (QED) is 0.213. The molecule has 46 heavy (non-hydrogen) atoms. The minimum atomic E-state index is -0.845. The number of anilines is 1. The van der Waals surface area contributed by atoms with Gasteiger partial charge in [0.2, 0.25) is 0 Å². The van der Waals surface area contributed by atoms with Crippen molar-refractivity contribution in [3.8, 4) is 23.0 Å². The van der Waals surface area contributed by atoms with Gasteiger partial charge in [0, 0.05) is 30.6 Å². The number of nitrogens with zero attached hydrogens (tertiary/aromatic N) is 6. The lowest BCUT2D eigenvalue weighted by molar-refractivity contribution is 0.0447. The Morgan fingerprint density at radius 3 is 2.57 bits per heavy atom. The van der Waals surface area contributed by atoms with Crippen molar-refractivity contribution in [3.05, 3.63) is 54.0 Å². The summed E-state index contributed by atoms with van der Waals surface area (Å²) in [6.45, 7) is 8.92. The highest BCUT2D eigenvalue weighted by Crippen LogP contribution is 2.47. The number of piperidine rings is 1. The summed E-state index contributed by atoms with van der Waals surface area (Å²) >= 11 is 0. The molecule has 1 saturated carbocycles. The third-order valence-electron chi connectivity index (χ3n) is 10.3. The fraction of sp³-hybridized carbons (Fsp3) is 0.472. The number of pyridine rings is 1. The molecule has 2 N–H and O–H groups in total. The van der Waals surface area contributed by atoms with Gasteiger partial charge in [-0.15, -0.1) is 0 Å². The second-order valence-corrected chi connectivity index (χ2v) is 14.0. The Labute approximate surface area is 267 Å². The largest absolute Gasteiger partial charge is 0.508 e. The Hall–Kier alpha value is -4.02. The van der Waals surface area contributed by atoms with Crippen molar-refractivity contribution >= 4 is 33.0 Å². The number of β-amino-alcohol motifs (C(OH)–C–C–N with tert-alkyl or cyclic N) is 1. The molecule has 0 bridgehead atoms. The number of phenolic OH excluding ortho intramolecular Hbond substituents is 1. The first kappa shape index (κ1) is 29.4. The molecular formula is C36H41FN6O3. The predicted molar refractivity (Wildman–Crippen MR) is 177 cm³/mol. The number of fused-ring (bicyclic) bond motifs is 4. The maximum absolute atomic E-state index is 15.2. The lowest BCUT2D eigenvalue weighted by Crippen LogP contribution is -2.46. The summed E-state index contributed by atoms with van der Waals surface area (Å²) in [5.41, 5.74) is 2.70. The fourth-order valence-electron chi connectivity index (χ4n) is 7.76. The zero-order valence-electron chi connectivity index (χ0n) is 26.6. The molecular weight excluding hydrogens is 583 g/mol. The van der Waals surface area contributed by atoms with Crippen molar-refractivity contribution in [2.24, 2.45) is 5.41 Å². The molecule has 2 aromatic carbocycles. The molecule has 2 saturated heterocycles. The van der Waals surface area contributed by atoms with E-state index in [0.717, 1.165) is 73.5 Å². The van der Waals surface area contributed by atoms with Crippen molar-refractivity contribution in [1.29, 1.82) is 0 Å². The van der Waals surface area contributed by atoms with Gasteiger partial charge in [0.25, 0.3) is 0 Å². The summed E-state index contributed by atoms with van der Waals surface area (Å²) < 4.78 is 23.5. The second-order valence-electron chi connectivity index (χ2n) is 14.0. The van der Waals surface area contributed by atoms with Crippen LogP contribution >= 0.6 is 0 Å². The highest BCUT2D eigenvalue weighted by Gasteiger charge is 2.45. The summed E-state index contributed by atoms with van der Waals surface area (Å²) in [4.78, 5) is 14.7. The minimum absolute atomic E-state index is 0.0900. The van der Waals surface area contributed by atoms with Crippen LogP contribution in [0.4, 0.5) is 10.2 Å². The summed E-state index contributed by atoms with van der Waals surface area (Å²) in [5, 5.41) is 28.9. The van der Waals surface area contributed by atoms with E-state index in [4.69, 9.17) is 19.8 Å². The molecule has 3 fully saturated rings. The van der Waals surface area contributed by atoms with E-state index in [1.165, 1.54) is 18.9 Å². The van der Waals surface area contributed by atoms with E-state index in [0.29, 0.717) is 53.7 Å². The third-order valence-corrected chi connectivity index (χ3v) is 10.3. The lowest BCUT2D eigenvalue weighted by atomic mass is 9.94. The summed E-state index contributed by atoms with van der Waals surface area (Å²) in [6.07, 6.45) is 8.60. The summed E-state index contributed by atoms with van der Waals surface area (Å²) in [7, 11) is 0. The van der Waals surface area contributed by atoms with Crippen molar-refractivity contribution in [1.82, 2.24) is 24.5 Å². The monoisotopic (exact) mass is 624 g/mol. The molecule has 3 aromatic heterocycles. The molecule has 0 spiro atoms. The van der Waals surface area contributed by atoms with Crippen molar-refractivity contribution < 1.29 is 19.3 Å². The summed E-state index contributed by atoms with van der Waals surface area (Å²) in [5.74, 6) is 0.523. The highest BCUT2D eigenvalue weighted by molar-refractivity contribution is 6.06. The molecule has 5 heterocycles. The number of halogens is 1. The number of benzene rings is 2. The molecule has 1 aliphatic carbocycles. The third kappa shape index (κ3) is 5.21. The van der Waals surface area contributed by atoms with Crippen LogP contribution in [0.1, 0.15) is 57.9 Å². The van der Waals surface area contributed by atoms with E-state index in [1.54, 1.807) is 24.4 Å². The number of rotatable bonds is 8. The smallest absolute Gasteiger partial charge is 0.318 e. The molecule has 0 radical (unpaired) electrons. The van der Waals surface area contributed by atoms with E-state index < -0.39 is 5.60 Å². The van der Waals surface area contributed by atoms with Crippen LogP contribution in [-0.2, 0) is 6.42 Å². The van der Waals surface area contributed by atoms with Crippen LogP contribution in [0.5, 0.6) is 11.8 Å². The molecule has 8 rings (SSSR count). The van der Waals surface area contributed by atoms with E-state index in [2.05, 4.69) is 9.80 Å². The Balaban J connectivity index is 1.30. The number of aromatic hydroxyl groups is 1. The Bertz CT molecular complexity index is 1960. The molecule has 0 amide bonds. The zero-order chi connectivity index (χ0) is 31.6. The number of hydrogen-bond donors (Lipinski definition) is 2. The number of phenols is 1. The van der Waals surface area contributed by atoms with E-state index in [1.807, 2.05) is 30.5 Å². The topological polar surface area (TPSA) is 99.3 Å². The van der Waals surface area contributed by atoms with Crippen LogP contribution in [0.25, 0.3) is 38.4 Å². The fourth-order valence-corrected chi connectivity index (χ4v) is 7.76. The average Bonchev–Trinajstić information content (AvgIpc) is 3.36. The first-order valence-electron chi connectivity index (χ1n) is 16.7. The lowest BCUT2D eigenvalue weighted by Gasteiger charge is -2.38. The minimum Gasteiger partial charge on any atom is -0.508 e. The van der Waals surface area contributed by atoms with E-state index in [9.17, 15) is 10.2 Å². The first-order chi connectivity index (χ1) is 22.2. The van der Waals surface area contributed by atoms with Gasteiger partial charge in [-0.1, -0.05) is 13.0 Å². The van der Waals surface area contributed by atoms with E-state index >= 15 is 4.39 Å². The van der Waals surface area contributed by atoms with Crippen molar-refractivity contribution in [2.75, 3.05) is 44.2 Å². The van der Waals surface area contributed by atoms with Gasteiger partial charge >= 0.3 is 6.01 Å². The number of aromatic nitrogens is 4. The number of aliphatic hydroxyl groups is 1. The Morgan fingerprint density at radius 1 is 0.978 bits per heavy atom. The first-order valence-corrected chi connectivity index (χ1v) is 16.7. The Morgan fingerprint density at radius 2 is 1.80 bits per heavy atom. The van der Waals surface area contributed by atoms with Crippen LogP contribution < -0.4 is 9.64 Å². The van der Waals surface area contributed by atoms with Crippen LogP contribution in [-0.4, -0.2) is 79.6 Å². The molecule has 1 unspecified atom stereocenters. The molecule has 240 valence electrons. The van der Waals surface area contributed by atoms with Gasteiger partial charge in [-0.2, -0.15) is 15.1 Å². The van der Waals surface area contributed by atoms with E-state index in [-0.39, 0.29) is 17.0 Å². The molecule has 2 aliphatic heterocycles. The maximum Gasteiger partial charge on any atom is 0.318 e. The normalized spacial score (nSPS) is 21.5. The number of likely N-dealkylation sites (tertiary alicyclic amines) is 1. The zero-order valence-corrected chi connectivity index (χ0v) is 26.6. The summed E-state index contributed by atoms with van der Waals surface area (Å²) in [6, 6.07) is 10.7. The molecule has 10 heteroatoms. The van der Waals surface area contributed by atoms with Gasteiger partial charge < -0.3 is 24.7 Å².